The second-order valence-electron chi connectivity index (χ2n) is 7.69. The van der Waals surface area contributed by atoms with Crippen LogP contribution in [0.1, 0.15) is 53.7 Å². The molecule has 2 heterocycles. The Morgan fingerprint density at radius 2 is 1.88 bits per heavy atom. The third-order valence-electron chi connectivity index (χ3n) is 5.13. The number of hydrogen-bond acceptors (Lipinski definition) is 8. The number of methoxy groups -OCH3 is 1. The van der Waals surface area contributed by atoms with E-state index in [4.69, 9.17) is 4.74 Å². The first-order chi connectivity index (χ1) is 16.0. The first-order valence-corrected chi connectivity index (χ1v) is 12.5. The zero-order valence-corrected chi connectivity index (χ0v) is 20.3. The Hall–Kier alpha value is -2.91. The molecule has 0 fully saturated rings. The molecule has 0 aliphatic rings. The maximum Gasteiger partial charge on any atom is 0.263 e. The van der Waals surface area contributed by atoms with Crippen LogP contribution in [-0.4, -0.2) is 40.6 Å². The molecule has 1 N–H and O–H groups in total. The monoisotopic (exact) mass is 485 g/mol. The van der Waals surface area contributed by atoms with Crippen molar-refractivity contribution in [1.82, 2.24) is 15.3 Å². The van der Waals surface area contributed by atoms with Crippen LogP contribution in [0.2, 0.25) is 0 Å². The summed E-state index contributed by atoms with van der Waals surface area (Å²) in [6.07, 6.45) is 5.09. The van der Waals surface area contributed by atoms with Crippen molar-refractivity contribution in [3.05, 3.63) is 51.2 Å². The summed E-state index contributed by atoms with van der Waals surface area (Å²) in [6.45, 7) is 1.58. The molecule has 0 aliphatic heterocycles. The molecule has 7 nitrogen and oxygen atoms in total. The number of unbranched alkanes of at least 4 members (excludes halogenated alkanes) is 2. The summed E-state index contributed by atoms with van der Waals surface area (Å²) in [7, 11) is 1.62. The fourth-order valence-corrected chi connectivity index (χ4v) is 4.66. The summed E-state index contributed by atoms with van der Waals surface area (Å²) in [6, 6.07) is 7.00. The van der Waals surface area contributed by atoms with Gasteiger partial charge in [0.25, 0.3) is 5.91 Å². The van der Waals surface area contributed by atoms with Gasteiger partial charge < -0.3 is 14.8 Å². The minimum absolute atomic E-state index is 0.0740. The Morgan fingerprint density at radius 3 is 2.55 bits per heavy atom. The number of ketones is 2. The number of carbonyl (C=O) groups excluding carboxylic acids is 3. The molecule has 0 bridgehead atoms. The largest absolute Gasteiger partial charge is 0.497 e. The Balaban J connectivity index is 1.63. The molecule has 0 saturated heterocycles. The summed E-state index contributed by atoms with van der Waals surface area (Å²) < 4.78 is 5.19. The van der Waals surface area contributed by atoms with Gasteiger partial charge in [0.05, 0.1) is 37.0 Å². The van der Waals surface area contributed by atoms with Gasteiger partial charge in [-0.15, -0.1) is 22.7 Å². The fourth-order valence-electron chi connectivity index (χ4n) is 3.33. The molecule has 3 aromatic rings. The van der Waals surface area contributed by atoms with Gasteiger partial charge in [0.1, 0.15) is 21.4 Å². The van der Waals surface area contributed by atoms with Crippen molar-refractivity contribution < 1.29 is 19.1 Å². The van der Waals surface area contributed by atoms with Gasteiger partial charge in [-0.05, 0) is 44.0 Å². The molecule has 3 rings (SSSR count). The highest BCUT2D eigenvalue weighted by Crippen LogP contribution is 2.25. The number of rotatable bonds is 13. The van der Waals surface area contributed by atoms with Crippen LogP contribution in [0.3, 0.4) is 0 Å². The number of carbonyl (C=O) groups is 3. The Morgan fingerprint density at radius 1 is 1.09 bits per heavy atom. The SMILES string of the molecule is COc1ccc(-c2csc(CC(=O)[C@H](CCCCCC(C)=O)NC(=O)c3cncs3)n2)cc1. The summed E-state index contributed by atoms with van der Waals surface area (Å²) in [5, 5.41) is 5.50. The van der Waals surface area contributed by atoms with Crippen LogP contribution in [-0.2, 0) is 16.0 Å². The number of hydrogen-bond donors (Lipinski definition) is 1. The Labute approximate surface area is 201 Å². The van der Waals surface area contributed by atoms with Crippen LogP contribution in [0.25, 0.3) is 11.3 Å². The third-order valence-corrected chi connectivity index (χ3v) is 6.76. The quantitative estimate of drug-likeness (QED) is 0.352. The standard InChI is InChI=1S/C24H27N3O4S2/c1-16(28)6-4-3-5-7-19(27-24(30)22-13-25-15-33-22)21(29)12-23-26-20(14-32-23)17-8-10-18(31-2)11-9-17/h8-11,13-15,19H,3-7,12H2,1-2H3,(H,27,30)/t19-/m0/s1. The van der Waals surface area contributed by atoms with Crippen molar-refractivity contribution >= 4 is 40.1 Å². The molecule has 0 radical (unpaired) electrons. The van der Waals surface area contributed by atoms with Gasteiger partial charge in [-0.2, -0.15) is 0 Å². The lowest BCUT2D eigenvalue weighted by molar-refractivity contribution is -0.120. The van der Waals surface area contributed by atoms with Crippen molar-refractivity contribution in [3.8, 4) is 17.0 Å². The van der Waals surface area contributed by atoms with Gasteiger partial charge >= 0.3 is 0 Å². The first kappa shape index (κ1) is 24.7. The van der Waals surface area contributed by atoms with E-state index in [1.165, 1.54) is 28.9 Å². The van der Waals surface area contributed by atoms with E-state index in [-0.39, 0.29) is 23.9 Å². The lowest BCUT2D eigenvalue weighted by atomic mass is 10.0. The van der Waals surface area contributed by atoms with E-state index < -0.39 is 6.04 Å². The third kappa shape index (κ3) is 7.57. The minimum Gasteiger partial charge on any atom is -0.497 e. The molecule has 1 amide bonds. The van der Waals surface area contributed by atoms with E-state index in [1.54, 1.807) is 19.5 Å². The zero-order valence-electron chi connectivity index (χ0n) is 18.7. The van der Waals surface area contributed by atoms with E-state index in [0.29, 0.717) is 22.7 Å². The van der Waals surface area contributed by atoms with Crippen molar-refractivity contribution in [2.75, 3.05) is 7.11 Å². The van der Waals surface area contributed by atoms with Gasteiger partial charge in [0.15, 0.2) is 5.78 Å². The topological polar surface area (TPSA) is 98.2 Å². The number of thiazole rings is 2. The van der Waals surface area contributed by atoms with Crippen LogP contribution in [0.15, 0.2) is 41.4 Å². The molecule has 0 saturated carbocycles. The highest BCUT2D eigenvalue weighted by atomic mass is 32.1. The number of amides is 1. The number of nitrogens with one attached hydrogen (secondary N) is 1. The number of aromatic nitrogens is 2. The summed E-state index contributed by atoms with van der Waals surface area (Å²) in [5.74, 6) is 0.567. The molecular weight excluding hydrogens is 458 g/mol. The maximum absolute atomic E-state index is 13.1. The second kappa shape index (κ2) is 12.4. The number of nitrogens with zero attached hydrogens (tertiary/aromatic N) is 2. The maximum atomic E-state index is 13.1. The van der Waals surface area contributed by atoms with Gasteiger partial charge in [-0.3, -0.25) is 14.6 Å². The first-order valence-electron chi connectivity index (χ1n) is 10.8. The summed E-state index contributed by atoms with van der Waals surface area (Å²) in [4.78, 5) is 45.8. The van der Waals surface area contributed by atoms with E-state index >= 15 is 0 Å². The van der Waals surface area contributed by atoms with E-state index in [2.05, 4.69) is 15.3 Å². The Bertz CT molecular complexity index is 1060. The molecule has 2 aromatic heterocycles. The molecule has 0 unspecified atom stereocenters. The average Bonchev–Trinajstić information content (AvgIpc) is 3.50. The van der Waals surface area contributed by atoms with Crippen molar-refractivity contribution in [1.29, 1.82) is 0 Å². The predicted molar refractivity (Wildman–Crippen MR) is 130 cm³/mol. The smallest absolute Gasteiger partial charge is 0.263 e. The molecule has 9 heteroatoms. The fraction of sp³-hybridized carbons (Fsp3) is 0.375. The van der Waals surface area contributed by atoms with Crippen LogP contribution in [0.5, 0.6) is 5.75 Å². The number of benzene rings is 1. The van der Waals surface area contributed by atoms with Crippen LogP contribution in [0, 0.1) is 0 Å². The second-order valence-corrected chi connectivity index (χ2v) is 9.52. The van der Waals surface area contributed by atoms with Crippen molar-refractivity contribution in [2.24, 2.45) is 0 Å². The molecule has 33 heavy (non-hydrogen) atoms. The van der Waals surface area contributed by atoms with Crippen LogP contribution in [0.4, 0.5) is 0 Å². The molecule has 174 valence electrons. The summed E-state index contributed by atoms with van der Waals surface area (Å²) in [5.41, 5.74) is 3.34. The van der Waals surface area contributed by atoms with Gasteiger partial charge in [-0.1, -0.05) is 12.8 Å². The zero-order chi connectivity index (χ0) is 23.6. The Kier molecular flexibility index (Phi) is 9.26. The van der Waals surface area contributed by atoms with E-state index in [0.717, 1.165) is 36.3 Å². The predicted octanol–water partition coefficient (Wildman–Crippen LogP) is 4.72. The molecule has 0 spiro atoms. The van der Waals surface area contributed by atoms with Crippen LogP contribution >= 0.6 is 22.7 Å². The van der Waals surface area contributed by atoms with Crippen molar-refractivity contribution in [3.63, 3.8) is 0 Å². The summed E-state index contributed by atoms with van der Waals surface area (Å²) >= 11 is 2.67. The molecular formula is C24H27N3O4S2. The minimum atomic E-state index is -0.606. The van der Waals surface area contributed by atoms with Gasteiger partial charge in [-0.25, -0.2) is 4.98 Å². The lowest BCUT2D eigenvalue weighted by Gasteiger charge is -2.17. The van der Waals surface area contributed by atoms with E-state index in [9.17, 15) is 14.4 Å². The number of ether oxygens (including phenoxy) is 1. The number of Topliss-reactive ketones (excluding diaryl/α,β-unsaturated/α-hetero) is 2. The van der Waals surface area contributed by atoms with Gasteiger partial charge in [0, 0.05) is 17.4 Å². The molecule has 0 aliphatic carbocycles. The highest BCUT2D eigenvalue weighted by Gasteiger charge is 2.23. The lowest BCUT2D eigenvalue weighted by Crippen LogP contribution is -2.41. The van der Waals surface area contributed by atoms with E-state index in [1.807, 2.05) is 29.6 Å². The molecule has 1 atom stereocenters. The van der Waals surface area contributed by atoms with Crippen molar-refractivity contribution in [2.45, 2.75) is 51.5 Å². The average molecular weight is 486 g/mol. The van der Waals surface area contributed by atoms with Crippen LogP contribution < -0.4 is 10.1 Å². The van der Waals surface area contributed by atoms with Gasteiger partial charge in [0.2, 0.25) is 0 Å². The highest BCUT2D eigenvalue weighted by molar-refractivity contribution is 7.11. The normalized spacial score (nSPS) is 11.7. The molecule has 1 aromatic carbocycles.